The van der Waals surface area contributed by atoms with Crippen molar-refractivity contribution in [2.24, 2.45) is 0 Å². The van der Waals surface area contributed by atoms with Gasteiger partial charge in [-0.05, 0) is 42.0 Å². The lowest BCUT2D eigenvalue weighted by Gasteiger charge is -2.07. The van der Waals surface area contributed by atoms with Gasteiger partial charge in [0.2, 0.25) is 0 Å². The molecule has 0 heterocycles. The molecule has 92 valence electrons. The number of halogens is 2. The van der Waals surface area contributed by atoms with Crippen LogP contribution in [0.15, 0.2) is 42.5 Å². The molecule has 0 bridgehead atoms. The number of ether oxygens (including phenoxy) is 1. The second kappa shape index (κ2) is 5.65. The SMILES string of the molecule is O=CCc1ccc(Oc2ccc(Cl)cc2)c(F)c1. The summed E-state index contributed by atoms with van der Waals surface area (Å²) in [5.41, 5.74) is 0.617. The second-order valence-corrected chi connectivity index (χ2v) is 4.13. The van der Waals surface area contributed by atoms with E-state index in [1.165, 1.54) is 12.1 Å². The number of rotatable bonds is 4. The molecule has 0 atom stereocenters. The molecule has 0 aliphatic heterocycles. The van der Waals surface area contributed by atoms with Crippen molar-refractivity contribution in [1.29, 1.82) is 0 Å². The summed E-state index contributed by atoms with van der Waals surface area (Å²) in [6.07, 6.45) is 0.923. The van der Waals surface area contributed by atoms with Gasteiger partial charge in [0.15, 0.2) is 11.6 Å². The number of carbonyl (C=O) groups is 1. The summed E-state index contributed by atoms with van der Waals surface area (Å²) in [6.45, 7) is 0. The van der Waals surface area contributed by atoms with Crippen LogP contribution < -0.4 is 4.74 Å². The van der Waals surface area contributed by atoms with E-state index < -0.39 is 5.82 Å². The van der Waals surface area contributed by atoms with Crippen LogP contribution in [-0.4, -0.2) is 6.29 Å². The monoisotopic (exact) mass is 264 g/mol. The lowest BCUT2D eigenvalue weighted by atomic mass is 10.1. The largest absolute Gasteiger partial charge is 0.454 e. The van der Waals surface area contributed by atoms with Crippen LogP contribution in [0.1, 0.15) is 5.56 Å². The van der Waals surface area contributed by atoms with Gasteiger partial charge >= 0.3 is 0 Å². The first kappa shape index (κ1) is 12.6. The van der Waals surface area contributed by atoms with E-state index in [4.69, 9.17) is 16.3 Å². The number of benzene rings is 2. The van der Waals surface area contributed by atoms with Gasteiger partial charge in [0.1, 0.15) is 12.0 Å². The van der Waals surface area contributed by atoms with Gasteiger partial charge in [0.25, 0.3) is 0 Å². The predicted octanol–water partition coefficient (Wildman–Crippen LogP) is 4.01. The molecule has 2 aromatic rings. The topological polar surface area (TPSA) is 26.3 Å². The van der Waals surface area contributed by atoms with E-state index in [0.29, 0.717) is 16.3 Å². The van der Waals surface area contributed by atoms with Gasteiger partial charge in [-0.1, -0.05) is 17.7 Å². The number of hydrogen-bond donors (Lipinski definition) is 0. The minimum Gasteiger partial charge on any atom is -0.454 e. The van der Waals surface area contributed by atoms with Crippen LogP contribution in [0.25, 0.3) is 0 Å². The van der Waals surface area contributed by atoms with E-state index in [1.54, 1.807) is 30.3 Å². The molecule has 0 spiro atoms. The molecular weight excluding hydrogens is 255 g/mol. The van der Waals surface area contributed by atoms with Crippen molar-refractivity contribution in [3.63, 3.8) is 0 Å². The average molecular weight is 265 g/mol. The normalized spacial score (nSPS) is 10.1. The van der Waals surface area contributed by atoms with E-state index in [2.05, 4.69) is 0 Å². The van der Waals surface area contributed by atoms with Crippen LogP contribution in [-0.2, 0) is 11.2 Å². The Hall–Kier alpha value is -1.87. The van der Waals surface area contributed by atoms with Crippen LogP contribution >= 0.6 is 11.6 Å². The average Bonchev–Trinajstić information content (AvgIpc) is 2.36. The second-order valence-electron chi connectivity index (χ2n) is 3.69. The molecule has 2 rings (SSSR count). The molecule has 4 heteroatoms. The Balaban J connectivity index is 2.18. The van der Waals surface area contributed by atoms with Gasteiger partial charge in [-0.2, -0.15) is 0 Å². The van der Waals surface area contributed by atoms with Crippen molar-refractivity contribution in [2.45, 2.75) is 6.42 Å². The van der Waals surface area contributed by atoms with Crippen LogP contribution in [0, 0.1) is 5.82 Å². The Morgan fingerprint density at radius 2 is 1.89 bits per heavy atom. The Bertz CT molecular complexity index is 552. The molecule has 0 N–H and O–H groups in total. The summed E-state index contributed by atoms with van der Waals surface area (Å²) in [4.78, 5) is 10.3. The molecule has 0 unspecified atom stereocenters. The summed E-state index contributed by atoms with van der Waals surface area (Å²) in [5.74, 6) is 0.123. The third-order valence-electron chi connectivity index (χ3n) is 2.36. The van der Waals surface area contributed by atoms with Crippen molar-refractivity contribution in [2.75, 3.05) is 0 Å². The summed E-state index contributed by atoms with van der Waals surface area (Å²) in [5, 5.41) is 0.587. The van der Waals surface area contributed by atoms with E-state index >= 15 is 0 Å². The summed E-state index contributed by atoms with van der Waals surface area (Å²) < 4.78 is 19.0. The van der Waals surface area contributed by atoms with Crippen molar-refractivity contribution in [3.8, 4) is 11.5 Å². The standard InChI is InChI=1S/C14H10ClFO2/c15-11-2-4-12(5-3-11)18-14-6-1-10(7-8-17)9-13(14)16/h1-6,8-9H,7H2. The first-order valence-corrected chi connectivity index (χ1v) is 5.72. The van der Waals surface area contributed by atoms with Gasteiger partial charge in [0.05, 0.1) is 0 Å². The molecule has 0 amide bonds. The molecule has 0 radical (unpaired) electrons. The Morgan fingerprint density at radius 1 is 1.17 bits per heavy atom. The highest BCUT2D eigenvalue weighted by Gasteiger charge is 2.06. The fraction of sp³-hybridized carbons (Fsp3) is 0.0714. The fourth-order valence-electron chi connectivity index (χ4n) is 1.48. The third-order valence-corrected chi connectivity index (χ3v) is 2.61. The summed E-state index contributed by atoms with van der Waals surface area (Å²) >= 11 is 5.74. The third kappa shape index (κ3) is 3.08. The Kier molecular flexibility index (Phi) is 3.95. The zero-order valence-electron chi connectivity index (χ0n) is 9.40. The van der Waals surface area contributed by atoms with Crippen LogP contribution in [0.5, 0.6) is 11.5 Å². The summed E-state index contributed by atoms with van der Waals surface area (Å²) in [6, 6.07) is 11.1. The van der Waals surface area contributed by atoms with Crippen LogP contribution in [0.4, 0.5) is 4.39 Å². The fourth-order valence-corrected chi connectivity index (χ4v) is 1.61. The molecule has 0 fully saturated rings. The van der Waals surface area contributed by atoms with Gasteiger partial charge in [0, 0.05) is 11.4 Å². The lowest BCUT2D eigenvalue weighted by molar-refractivity contribution is -0.107. The van der Waals surface area contributed by atoms with Crippen LogP contribution in [0.2, 0.25) is 5.02 Å². The highest BCUT2D eigenvalue weighted by atomic mass is 35.5. The smallest absolute Gasteiger partial charge is 0.166 e. The minimum atomic E-state index is -0.496. The zero-order valence-corrected chi connectivity index (χ0v) is 10.2. The first-order valence-electron chi connectivity index (χ1n) is 5.34. The Morgan fingerprint density at radius 3 is 2.50 bits per heavy atom. The number of aldehydes is 1. The quantitative estimate of drug-likeness (QED) is 0.780. The lowest BCUT2D eigenvalue weighted by Crippen LogP contribution is -1.92. The van der Waals surface area contributed by atoms with Crippen molar-refractivity contribution in [3.05, 3.63) is 58.9 Å². The number of carbonyl (C=O) groups excluding carboxylic acids is 1. The molecule has 18 heavy (non-hydrogen) atoms. The molecule has 2 aromatic carbocycles. The van der Waals surface area contributed by atoms with Gasteiger partial charge in [-0.15, -0.1) is 0 Å². The van der Waals surface area contributed by atoms with E-state index in [-0.39, 0.29) is 12.2 Å². The molecule has 0 aliphatic rings. The van der Waals surface area contributed by atoms with Crippen molar-refractivity contribution < 1.29 is 13.9 Å². The highest BCUT2D eigenvalue weighted by molar-refractivity contribution is 6.30. The van der Waals surface area contributed by atoms with Crippen molar-refractivity contribution >= 4 is 17.9 Å². The minimum absolute atomic E-state index is 0.118. The molecule has 0 aromatic heterocycles. The highest BCUT2D eigenvalue weighted by Crippen LogP contribution is 2.26. The van der Waals surface area contributed by atoms with E-state index in [0.717, 1.165) is 6.29 Å². The molecular formula is C14H10ClFO2. The van der Waals surface area contributed by atoms with Gasteiger partial charge < -0.3 is 9.53 Å². The predicted molar refractivity (Wildman–Crippen MR) is 67.7 cm³/mol. The van der Waals surface area contributed by atoms with E-state index in [9.17, 15) is 9.18 Å². The van der Waals surface area contributed by atoms with Gasteiger partial charge in [-0.3, -0.25) is 0 Å². The summed E-state index contributed by atoms with van der Waals surface area (Å²) in [7, 11) is 0. The molecule has 0 aliphatic carbocycles. The van der Waals surface area contributed by atoms with Gasteiger partial charge in [-0.25, -0.2) is 4.39 Å². The van der Waals surface area contributed by atoms with Crippen LogP contribution in [0.3, 0.4) is 0 Å². The number of hydrogen-bond acceptors (Lipinski definition) is 2. The first-order chi connectivity index (χ1) is 8.69. The molecule has 0 saturated carbocycles. The van der Waals surface area contributed by atoms with Crippen molar-refractivity contribution in [1.82, 2.24) is 0 Å². The molecule has 0 saturated heterocycles. The zero-order chi connectivity index (χ0) is 13.0. The molecule has 2 nitrogen and oxygen atoms in total. The maximum Gasteiger partial charge on any atom is 0.166 e. The van der Waals surface area contributed by atoms with E-state index in [1.807, 2.05) is 0 Å². The maximum absolute atomic E-state index is 13.7. The Labute approximate surface area is 109 Å². The maximum atomic E-state index is 13.7.